The molecule has 0 atom stereocenters. The summed E-state index contributed by atoms with van der Waals surface area (Å²) in [6.07, 6.45) is 0.179. The van der Waals surface area contributed by atoms with Gasteiger partial charge in [-0.2, -0.15) is 5.10 Å². The molecular weight excluding hydrogens is 308 g/mol. The van der Waals surface area contributed by atoms with E-state index in [1.54, 1.807) is 32.7 Å². The minimum Gasteiger partial charge on any atom is -0.493 e. The summed E-state index contributed by atoms with van der Waals surface area (Å²) in [7, 11) is 5.02. The molecular formula is C17H22N4O3. The Bertz CT molecular complexity index is 723. The van der Waals surface area contributed by atoms with Gasteiger partial charge in [-0.05, 0) is 19.1 Å². The van der Waals surface area contributed by atoms with Gasteiger partial charge in [0.05, 0.1) is 24.4 Å². The molecule has 7 heteroatoms. The highest BCUT2D eigenvalue weighted by Crippen LogP contribution is 2.21. The van der Waals surface area contributed by atoms with Crippen molar-refractivity contribution in [1.29, 1.82) is 0 Å². The number of anilines is 1. The molecule has 0 unspecified atom stereocenters. The maximum atomic E-state index is 12.2. The first kappa shape index (κ1) is 17.5. The van der Waals surface area contributed by atoms with Crippen LogP contribution in [0.2, 0.25) is 0 Å². The minimum atomic E-state index is -0.255. The summed E-state index contributed by atoms with van der Waals surface area (Å²) in [6, 6.07) is 9.29. The van der Waals surface area contributed by atoms with Gasteiger partial charge in [-0.3, -0.25) is 14.3 Å². The van der Waals surface area contributed by atoms with Gasteiger partial charge in [0.25, 0.3) is 5.91 Å². The van der Waals surface area contributed by atoms with Crippen molar-refractivity contribution >= 4 is 17.5 Å². The number of carbonyl (C=O) groups is 2. The van der Waals surface area contributed by atoms with Crippen molar-refractivity contribution in [3.63, 3.8) is 0 Å². The highest BCUT2D eigenvalue weighted by Gasteiger charge is 2.22. The molecule has 128 valence electrons. The van der Waals surface area contributed by atoms with Crippen LogP contribution in [0.1, 0.15) is 22.6 Å². The van der Waals surface area contributed by atoms with Gasteiger partial charge in [0, 0.05) is 21.1 Å². The summed E-state index contributed by atoms with van der Waals surface area (Å²) in [5.74, 6) is 0.232. The Kier molecular flexibility index (Phi) is 5.57. The van der Waals surface area contributed by atoms with Crippen molar-refractivity contribution in [2.45, 2.75) is 13.3 Å². The normalized spacial score (nSPS) is 10.3. The minimum absolute atomic E-state index is 0.179. The second-order valence-corrected chi connectivity index (χ2v) is 5.59. The summed E-state index contributed by atoms with van der Waals surface area (Å²) in [5, 5.41) is 6.96. The molecule has 0 aliphatic heterocycles. The number of ether oxygens (including phenoxy) is 1. The molecule has 1 aromatic heterocycles. The number of para-hydroxylation sites is 1. The van der Waals surface area contributed by atoms with E-state index in [2.05, 4.69) is 10.4 Å². The Morgan fingerprint density at radius 2 is 1.92 bits per heavy atom. The lowest BCUT2D eigenvalue weighted by Gasteiger charge is -2.11. The number of amides is 2. The smallest absolute Gasteiger partial charge is 0.276 e. The molecule has 2 aromatic rings. The first-order chi connectivity index (χ1) is 11.4. The van der Waals surface area contributed by atoms with Crippen LogP contribution < -0.4 is 10.1 Å². The predicted molar refractivity (Wildman–Crippen MR) is 91.1 cm³/mol. The van der Waals surface area contributed by atoms with Crippen LogP contribution in [0.4, 0.5) is 5.69 Å². The fourth-order valence-electron chi connectivity index (χ4n) is 2.10. The van der Waals surface area contributed by atoms with Crippen molar-refractivity contribution in [3.05, 3.63) is 41.7 Å². The molecule has 0 aliphatic rings. The lowest BCUT2D eigenvalue weighted by atomic mass is 10.2. The van der Waals surface area contributed by atoms with E-state index in [1.807, 2.05) is 30.3 Å². The average molecular weight is 330 g/mol. The van der Waals surface area contributed by atoms with E-state index in [1.165, 1.54) is 4.90 Å². The van der Waals surface area contributed by atoms with Crippen LogP contribution in [0.15, 0.2) is 30.3 Å². The monoisotopic (exact) mass is 330 g/mol. The van der Waals surface area contributed by atoms with Crippen LogP contribution in [-0.2, 0) is 11.8 Å². The number of hydrogen-bond donors (Lipinski definition) is 1. The van der Waals surface area contributed by atoms with Gasteiger partial charge in [-0.25, -0.2) is 0 Å². The molecule has 2 amide bonds. The van der Waals surface area contributed by atoms with Crippen LogP contribution in [0.5, 0.6) is 5.75 Å². The van der Waals surface area contributed by atoms with Crippen LogP contribution in [0, 0.1) is 6.92 Å². The molecule has 0 saturated carbocycles. The highest BCUT2D eigenvalue weighted by atomic mass is 16.5. The number of carbonyl (C=O) groups excluding carboxylic acids is 2. The summed E-state index contributed by atoms with van der Waals surface area (Å²) in [5.41, 5.74) is 1.40. The van der Waals surface area contributed by atoms with Crippen molar-refractivity contribution in [1.82, 2.24) is 14.7 Å². The first-order valence-electron chi connectivity index (χ1n) is 7.63. The SMILES string of the molecule is Cc1c(NC(=O)CCOc2ccccc2)c(C(=O)N(C)C)nn1C. The molecule has 0 saturated heterocycles. The molecule has 0 spiro atoms. The Hall–Kier alpha value is -2.83. The second kappa shape index (κ2) is 7.63. The standard InChI is InChI=1S/C17H22N4O3/c1-12-15(16(19-21(12)4)17(23)20(2)3)18-14(22)10-11-24-13-8-6-5-7-9-13/h5-9H,10-11H2,1-4H3,(H,18,22). The Morgan fingerprint density at radius 3 is 2.54 bits per heavy atom. The van der Waals surface area contributed by atoms with Gasteiger partial charge < -0.3 is 15.0 Å². The van der Waals surface area contributed by atoms with E-state index in [-0.39, 0.29) is 30.5 Å². The number of hydrogen-bond acceptors (Lipinski definition) is 4. The van der Waals surface area contributed by atoms with Crippen molar-refractivity contribution in [2.24, 2.45) is 7.05 Å². The third kappa shape index (κ3) is 4.13. The molecule has 0 fully saturated rings. The quantitative estimate of drug-likeness (QED) is 0.877. The van der Waals surface area contributed by atoms with Gasteiger partial charge in [0.2, 0.25) is 5.91 Å². The van der Waals surface area contributed by atoms with Gasteiger partial charge in [-0.15, -0.1) is 0 Å². The summed E-state index contributed by atoms with van der Waals surface area (Å²) in [6.45, 7) is 2.06. The van der Waals surface area contributed by atoms with Crippen molar-refractivity contribution in [3.8, 4) is 5.75 Å². The largest absolute Gasteiger partial charge is 0.493 e. The number of nitrogens with one attached hydrogen (secondary N) is 1. The first-order valence-corrected chi connectivity index (χ1v) is 7.63. The lowest BCUT2D eigenvalue weighted by Crippen LogP contribution is -2.24. The molecule has 2 rings (SSSR count). The van der Waals surface area contributed by atoms with Crippen molar-refractivity contribution in [2.75, 3.05) is 26.0 Å². The fraction of sp³-hybridized carbons (Fsp3) is 0.353. The van der Waals surface area contributed by atoms with Crippen LogP contribution >= 0.6 is 0 Å². The number of benzene rings is 1. The lowest BCUT2D eigenvalue weighted by molar-refractivity contribution is -0.116. The number of aryl methyl sites for hydroxylation is 1. The molecule has 1 heterocycles. The Morgan fingerprint density at radius 1 is 1.25 bits per heavy atom. The van der Waals surface area contributed by atoms with Gasteiger partial charge in [0.15, 0.2) is 5.69 Å². The summed E-state index contributed by atoms with van der Waals surface area (Å²) in [4.78, 5) is 25.8. The summed E-state index contributed by atoms with van der Waals surface area (Å²) >= 11 is 0. The predicted octanol–water partition coefficient (Wildman–Crippen LogP) is 1.84. The van der Waals surface area contributed by atoms with E-state index in [0.717, 1.165) is 5.69 Å². The third-order valence-corrected chi connectivity index (χ3v) is 3.55. The van der Waals surface area contributed by atoms with Crippen molar-refractivity contribution < 1.29 is 14.3 Å². The zero-order valence-corrected chi connectivity index (χ0v) is 14.4. The zero-order valence-electron chi connectivity index (χ0n) is 14.4. The molecule has 0 aliphatic carbocycles. The van der Waals surface area contributed by atoms with Gasteiger partial charge in [0.1, 0.15) is 5.75 Å². The number of nitrogens with zero attached hydrogens (tertiary/aromatic N) is 3. The average Bonchev–Trinajstić information content (AvgIpc) is 2.83. The maximum absolute atomic E-state index is 12.2. The molecule has 24 heavy (non-hydrogen) atoms. The fourth-order valence-corrected chi connectivity index (χ4v) is 2.10. The van der Waals surface area contributed by atoms with Gasteiger partial charge >= 0.3 is 0 Å². The van der Waals surface area contributed by atoms with Crippen LogP contribution in [0.25, 0.3) is 0 Å². The van der Waals surface area contributed by atoms with Crippen LogP contribution in [0.3, 0.4) is 0 Å². The Labute approximate surface area is 141 Å². The van der Waals surface area contributed by atoms with E-state index < -0.39 is 0 Å². The van der Waals surface area contributed by atoms with E-state index in [4.69, 9.17) is 4.74 Å². The zero-order chi connectivity index (χ0) is 17.7. The molecule has 0 bridgehead atoms. The van der Waals surface area contributed by atoms with E-state index in [0.29, 0.717) is 11.4 Å². The maximum Gasteiger partial charge on any atom is 0.276 e. The molecule has 1 N–H and O–H groups in total. The highest BCUT2D eigenvalue weighted by molar-refractivity contribution is 6.02. The van der Waals surface area contributed by atoms with E-state index >= 15 is 0 Å². The topological polar surface area (TPSA) is 76.5 Å². The Balaban J connectivity index is 1.99. The number of rotatable bonds is 6. The molecule has 7 nitrogen and oxygen atoms in total. The van der Waals surface area contributed by atoms with E-state index in [9.17, 15) is 9.59 Å². The second-order valence-electron chi connectivity index (χ2n) is 5.59. The number of aromatic nitrogens is 2. The molecule has 1 aromatic carbocycles. The van der Waals surface area contributed by atoms with Crippen LogP contribution in [-0.4, -0.2) is 47.2 Å². The van der Waals surface area contributed by atoms with Gasteiger partial charge in [-0.1, -0.05) is 18.2 Å². The third-order valence-electron chi connectivity index (χ3n) is 3.55. The molecule has 0 radical (unpaired) electrons. The summed E-state index contributed by atoms with van der Waals surface area (Å²) < 4.78 is 7.09.